The fourth-order valence-corrected chi connectivity index (χ4v) is 4.48. The third kappa shape index (κ3) is 3.76. The molecule has 0 bridgehead atoms. The van der Waals surface area contributed by atoms with E-state index < -0.39 is 0 Å². The van der Waals surface area contributed by atoms with Crippen LogP contribution in [0, 0.1) is 19.8 Å². The van der Waals surface area contributed by atoms with Gasteiger partial charge in [0.25, 0.3) is 0 Å². The molecule has 0 radical (unpaired) electrons. The second-order valence-corrected chi connectivity index (χ2v) is 8.87. The summed E-state index contributed by atoms with van der Waals surface area (Å²) >= 11 is 0. The SMILES string of the molecule is Cc1nc2nc(-c3ccc(-c4cnc(N5CCN[C@@H](C6CC6)C5)nn4)c(O)c3)nc(C)c2[nH]1. The second-order valence-electron chi connectivity index (χ2n) is 8.87. The molecule has 2 aliphatic rings. The van der Waals surface area contributed by atoms with Gasteiger partial charge in [-0.1, -0.05) is 6.07 Å². The molecule has 1 atom stereocenters. The van der Waals surface area contributed by atoms with Crippen LogP contribution in [0.2, 0.25) is 0 Å². The Balaban J connectivity index is 1.25. The molecule has 0 unspecified atom stereocenters. The van der Waals surface area contributed by atoms with Gasteiger partial charge in [0.2, 0.25) is 5.95 Å². The zero-order valence-electron chi connectivity index (χ0n) is 18.6. The number of nitrogens with zero attached hydrogens (tertiary/aromatic N) is 7. The van der Waals surface area contributed by atoms with Crippen LogP contribution >= 0.6 is 0 Å². The van der Waals surface area contributed by atoms with Gasteiger partial charge in [-0.15, -0.1) is 10.2 Å². The minimum atomic E-state index is 0.0758. The first-order valence-electron chi connectivity index (χ1n) is 11.3. The molecule has 1 aliphatic carbocycles. The Morgan fingerprint density at radius 3 is 2.73 bits per heavy atom. The van der Waals surface area contributed by atoms with Crippen molar-refractivity contribution in [2.45, 2.75) is 32.7 Å². The predicted molar refractivity (Wildman–Crippen MR) is 124 cm³/mol. The van der Waals surface area contributed by atoms with Gasteiger partial charge in [-0.3, -0.25) is 0 Å². The summed E-state index contributed by atoms with van der Waals surface area (Å²) in [7, 11) is 0. The van der Waals surface area contributed by atoms with Crippen molar-refractivity contribution in [3.63, 3.8) is 0 Å². The molecule has 0 spiro atoms. The Bertz CT molecular complexity index is 1330. The molecule has 1 saturated carbocycles. The van der Waals surface area contributed by atoms with Gasteiger partial charge >= 0.3 is 0 Å². The van der Waals surface area contributed by atoms with Gasteiger partial charge in [-0.2, -0.15) is 0 Å². The number of phenolic OH excluding ortho intramolecular Hbond substituents is 1. The number of hydrogen-bond donors (Lipinski definition) is 3. The molecule has 168 valence electrons. The summed E-state index contributed by atoms with van der Waals surface area (Å²) in [5.41, 5.74) is 4.03. The van der Waals surface area contributed by atoms with Crippen LogP contribution in [0.15, 0.2) is 24.4 Å². The summed E-state index contributed by atoms with van der Waals surface area (Å²) in [6.07, 6.45) is 4.28. The van der Waals surface area contributed by atoms with Crippen molar-refractivity contribution in [3.05, 3.63) is 35.9 Å². The Hall–Kier alpha value is -3.66. The second kappa shape index (κ2) is 7.73. The molecule has 1 aromatic carbocycles. The lowest BCUT2D eigenvalue weighted by atomic mass is 10.1. The Morgan fingerprint density at radius 1 is 1.09 bits per heavy atom. The van der Waals surface area contributed by atoms with Crippen molar-refractivity contribution in [3.8, 4) is 28.4 Å². The summed E-state index contributed by atoms with van der Waals surface area (Å²) < 4.78 is 0. The fraction of sp³-hybridized carbons (Fsp3) is 0.391. The third-order valence-corrected chi connectivity index (χ3v) is 6.41. The van der Waals surface area contributed by atoms with Crippen LogP contribution < -0.4 is 10.2 Å². The highest BCUT2D eigenvalue weighted by Crippen LogP contribution is 2.34. The number of anilines is 1. The van der Waals surface area contributed by atoms with E-state index in [1.165, 1.54) is 12.8 Å². The summed E-state index contributed by atoms with van der Waals surface area (Å²) in [4.78, 5) is 23.4. The molecule has 3 N–H and O–H groups in total. The van der Waals surface area contributed by atoms with Crippen molar-refractivity contribution in [2.24, 2.45) is 5.92 Å². The highest BCUT2D eigenvalue weighted by atomic mass is 16.3. The van der Waals surface area contributed by atoms with Crippen LogP contribution in [0.1, 0.15) is 24.4 Å². The molecule has 10 nitrogen and oxygen atoms in total. The zero-order chi connectivity index (χ0) is 22.5. The number of phenols is 1. The number of aromatic nitrogens is 7. The molecule has 33 heavy (non-hydrogen) atoms. The minimum Gasteiger partial charge on any atom is -0.507 e. The lowest BCUT2D eigenvalue weighted by Gasteiger charge is -2.33. The molecule has 6 rings (SSSR count). The van der Waals surface area contributed by atoms with E-state index in [4.69, 9.17) is 0 Å². The lowest BCUT2D eigenvalue weighted by molar-refractivity contribution is 0.414. The van der Waals surface area contributed by atoms with Crippen molar-refractivity contribution in [1.82, 2.24) is 40.4 Å². The molecule has 10 heteroatoms. The number of H-pyrrole nitrogens is 1. The topological polar surface area (TPSA) is 129 Å². The zero-order valence-corrected chi connectivity index (χ0v) is 18.6. The number of fused-ring (bicyclic) bond motifs is 1. The van der Waals surface area contributed by atoms with Gasteiger partial charge < -0.3 is 20.3 Å². The van der Waals surface area contributed by atoms with Crippen molar-refractivity contribution < 1.29 is 5.11 Å². The number of aromatic amines is 1. The number of aryl methyl sites for hydroxylation is 2. The Labute approximate surface area is 190 Å². The Morgan fingerprint density at radius 2 is 1.97 bits per heavy atom. The van der Waals surface area contributed by atoms with Gasteiger partial charge in [0, 0.05) is 36.8 Å². The third-order valence-electron chi connectivity index (χ3n) is 6.41. The van der Waals surface area contributed by atoms with E-state index in [9.17, 15) is 5.11 Å². The van der Waals surface area contributed by atoms with Crippen LogP contribution in [-0.2, 0) is 0 Å². The number of nitrogens with one attached hydrogen (secondary N) is 2. The first kappa shape index (κ1) is 20.0. The maximum absolute atomic E-state index is 10.7. The number of aromatic hydroxyl groups is 1. The monoisotopic (exact) mass is 443 g/mol. The molecule has 2 fully saturated rings. The van der Waals surface area contributed by atoms with E-state index in [1.54, 1.807) is 18.3 Å². The maximum atomic E-state index is 10.7. The molecule has 1 aliphatic heterocycles. The van der Waals surface area contributed by atoms with Crippen molar-refractivity contribution in [2.75, 3.05) is 24.5 Å². The average molecular weight is 444 g/mol. The van der Waals surface area contributed by atoms with Crippen molar-refractivity contribution in [1.29, 1.82) is 0 Å². The van der Waals surface area contributed by atoms with E-state index in [0.29, 0.717) is 40.3 Å². The van der Waals surface area contributed by atoms with E-state index in [2.05, 4.69) is 45.3 Å². The quantitative estimate of drug-likeness (QED) is 0.435. The average Bonchev–Trinajstić information content (AvgIpc) is 3.60. The maximum Gasteiger partial charge on any atom is 0.245 e. The number of benzene rings is 1. The van der Waals surface area contributed by atoms with Crippen LogP contribution in [0.5, 0.6) is 5.75 Å². The summed E-state index contributed by atoms with van der Waals surface area (Å²) in [6.45, 7) is 6.50. The highest BCUT2D eigenvalue weighted by molar-refractivity contribution is 5.77. The van der Waals surface area contributed by atoms with Gasteiger partial charge in [-0.25, -0.2) is 19.9 Å². The molecule has 1 saturated heterocycles. The standard InChI is InChI=1S/C23H25N9O/c1-12-20-22(28-13(2)27-20)29-21(26-12)15-5-6-16(19(33)9-15)17-10-25-23(31-30-17)32-8-7-24-18(11-32)14-3-4-14/h5-6,9-10,14,18,24,33H,3-4,7-8,11H2,1-2H3,(H,26,27,28,29)/t18-/m1/s1. The number of rotatable bonds is 4. The first-order valence-corrected chi connectivity index (χ1v) is 11.3. The number of hydrogen-bond acceptors (Lipinski definition) is 9. The van der Waals surface area contributed by atoms with Gasteiger partial charge in [0.05, 0.1) is 11.9 Å². The summed E-state index contributed by atoms with van der Waals surface area (Å²) in [5, 5.41) is 23.0. The lowest BCUT2D eigenvalue weighted by Crippen LogP contribution is -2.52. The van der Waals surface area contributed by atoms with E-state index in [0.717, 1.165) is 42.6 Å². The predicted octanol–water partition coefficient (Wildman–Crippen LogP) is 2.38. The fourth-order valence-electron chi connectivity index (χ4n) is 4.48. The molecule has 0 amide bonds. The highest BCUT2D eigenvalue weighted by Gasteiger charge is 2.34. The van der Waals surface area contributed by atoms with E-state index in [1.807, 2.05) is 19.9 Å². The normalized spacial score (nSPS) is 18.7. The number of piperazine rings is 1. The van der Waals surface area contributed by atoms with Crippen LogP contribution in [0.3, 0.4) is 0 Å². The van der Waals surface area contributed by atoms with Crippen LogP contribution in [-0.4, -0.2) is 65.9 Å². The Kier molecular flexibility index (Phi) is 4.68. The van der Waals surface area contributed by atoms with E-state index in [-0.39, 0.29) is 5.75 Å². The molecular weight excluding hydrogens is 418 g/mol. The molecule has 3 aromatic heterocycles. The molecule has 4 heterocycles. The summed E-state index contributed by atoms with van der Waals surface area (Å²) in [5.74, 6) is 2.79. The minimum absolute atomic E-state index is 0.0758. The van der Waals surface area contributed by atoms with Crippen LogP contribution in [0.4, 0.5) is 5.95 Å². The number of imidazole rings is 1. The smallest absolute Gasteiger partial charge is 0.245 e. The van der Waals surface area contributed by atoms with Crippen molar-refractivity contribution >= 4 is 17.1 Å². The van der Waals surface area contributed by atoms with Gasteiger partial charge in [-0.05, 0) is 44.7 Å². The largest absolute Gasteiger partial charge is 0.507 e. The van der Waals surface area contributed by atoms with Gasteiger partial charge in [0.15, 0.2) is 11.5 Å². The molecular formula is C23H25N9O. The van der Waals surface area contributed by atoms with E-state index >= 15 is 0 Å². The molecule has 4 aromatic rings. The first-order chi connectivity index (χ1) is 16.0. The van der Waals surface area contributed by atoms with Crippen LogP contribution in [0.25, 0.3) is 33.8 Å². The summed E-state index contributed by atoms with van der Waals surface area (Å²) in [6, 6.07) is 5.81. The van der Waals surface area contributed by atoms with Gasteiger partial charge in [0.1, 0.15) is 22.8 Å².